The fraction of sp³-hybridized carbons (Fsp3) is 0.174. The number of amides is 1. The van der Waals surface area contributed by atoms with Gasteiger partial charge in [-0.3, -0.25) is 9.10 Å². The summed E-state index contributed by atoms with van der Waals surface area (Å²) in [5.41, 5.74) is -0.129. The maximum absolute atomic E-state index is 13.3. The van der Waals surface area contributed by atoms with Crippen LogP contribution in [0.1, 0.15) is 11.1 Å². The summed E-state index contributed by atoms with van der Waals surface area (Å²) >= 11 is 0. The quantitative estimate of drug-likeness (QED) is 0.510. The van der Waals surface area contributed by atoms with Crippen LogP contribution in [0.4, 0.5) is 24.5 Å². The monoisotopic (exact) mass is 478 g/mol. The molecule has 0 aromatic heterocycles. The van der Waals surface area contributed by atoms with Gasteiger partial charge in [0.25, 0.3) is 10.0 Å². The number of carbonyl (C=O) groups excluding carboxylic acids is 1. The average Bonchev–Trinajstić information content (AvgIpc) is 2.78. The Morgan fingerprint density at radius 1 is 0.970 bits per heavy atom. The average molecular weight is 478 g/mol. The van der Waals surface area contributed by atoms with Gasteiger partial charge in [0.05, 0.1) is 22.8 Å². The van der Waals surface area contributed by atoms with E-state index in [0.717, 1.165) is 17.7 Å². The van der Waals surface area contributed by atoms with Crippen molar-refractivity contribution in [3.05, 3.63) is 90.0 Å². The number of alkyl halides is 3. The molecular formula is C23H21F3N2O4S. The minimum Gasteiger partial charge on any atom is -0.380 e. The molecule has 3 rings (SSSR count). The van der Waals surface area contributed by atoms with Gasteiger partial charge in [-0.25, -0.2) is 8.42 Å². The van der Waals surface area contributed by atoms with Crippen LogP contribution >= 0.6 is 0 Å². The van der Waals surface area contributed by atoms with Crippen molar-refractivity contribution in [3.63, 3.8) is 0 Å². The second kappa shape index (κ2) is 10.1. The Labute approximate surface area is 189 Å². The Morgan fingerprint density at radius 2 is 1.67 bits per heavy atom. The molecule has 33 heavy (non-hydrogen) atoms. The molecule has 174 valence electrons. The van der Waals surface area contributed by atoms with Crippen LogP contribution in [0.2, 0.25) is 0 Å². The molecule has 0 saturated carbocycles. The van der Waals surface area contributed by atoms with Gasteiger partial charge in [0.1, 0.15) is 6.54 Å². The summed E-state index contributed by atoms with van der Waals surface area (Å²) in [6.45, 7) is -0.421. The SMILES string of the molecule is COCc1cccc(NC(=O)CN(c2cccc(C(F)(F)F)c2)S(=O)(=O)c2ccccc2)c1. The zero-order valence-electron chi connectivity index (χ0n) is 17.5. The minimum atomic E-state index is -4.68. The fourth-order valence-electron chi connectivity index (χ4n) is 3.11. The van der Waals surface area contributed by atoms with Gasteiger partial charge in [0, 0.05) is 12.8 Å². The van der Waals surface area contributed by atoms with Crippen LogP contribution in [0.5, 0.6) is 0 Å². The second-order valence-electron chi connectivity index (χ2n) is 7.05. The Kier molecular flexibility index (Phi) is 7.39. The van der Waals surface area contributed by atoms with Crippen LogP contribution < -0.4 is 9.62 Å². The zero-order chi connectivity index (χ0) is 24.1. The highest BCUT2D eigenvalue weighted by molar-refractivity contribution is 7.92. The minimum absolute atomic E-state index is 0.155. The highest BCUT2D eigenvalue weighted by atomic mass is 32.2. The number of benzene rings is 3. The van der Waals surface area contributed by atoms with E-state index in [0.29, 0.717) is 22.7 Å². The first-order valence-corrected chi connectivity index (χ1v) is 11.2. The largest absolute Gasteiger partial charge is 0.416 e. The molecular weight excluding hydrogens is 457 g/mol. The molecule has 1 N–H and O–H groups in total. The first-order chi connectivity index (χ1) is 15.6. The van der Waals surface area contributed by atoms with E-state index in [9.17, 15) is 26.4 Å². The van der Waals surface area contributed by atoms with Crippen molar-refractivity contribution in [1.82, 2.24) is 0 Å². The van der Waals surface area contributed by atoms with E-state index in [2.05, 4.69) is 5.32 Å². The summed E-state index contributed by atoms with van der Waals surface area (Å²) in [5.74, 6) is -0.721. The number of nitrogens with one attached hydrogen (secondary N) is 1. The predicted octanol–water partition coefficient (Wildman–Crippen LogP) is 4.69. The van der Waals surface area contributed by atoms with Gasteiger partial charge in [0.15, 0.2) is 0 Å². The third-order valence-corrected chi connectivity index (χ3v) is 6.39. The molecule has 0 bridgehead atoms. The number of nitrogens with zero attached hydrogens (tertiary/aromatic N) is 1. The van der Waals surface area contributed by atoms with Crippen LogP contribution in [-0.4, -0.2) is 28.0 Å². The Morgan fingerprint density at radius 3 is 2.33 bits per heavy atom. The van der Waals surface area contributed by atoms with Crippen molar-refractivity contribution >= 4 is 27.3 Å². The Balaban J connectivity index is 1.96. The summed E-state index contributed by atoms with van der Waals surface area (Å²) in [6.07, 6.45) is -4.68. The van der Waals surface area contributed by atoms with Crippen molar-refractivity contribution in [2.75, 3.05) is 23.3 Å². The molecule has 0 atom stereocenters. The molecule has 0 unspecified atom stereocenters. The zero-order valence-corrected chi connectivity index (χ0v) is 18.4. The van der Waals surface area contributed by atoms with Gasteiger partial charge < -0.3 is 10.1 Å². The maximum atomic E-state index is 13.3. The van der Waals surface area contributed by atoms with Crippen LogP contribution in [-0.2, 0) is 32.3 Å². The lowest BCUT2D eigenvalue weighted by atomic mass is 10.2. The molecule has 1 amide bonds. The van der Waals surface area contributed by atoms with Crippen LogP contribution in [0.15, 0.2) is 83.8 Å². The number of methoxy groups -OCH3 is 1. The first kappa shape index (κ1) is 24.3. The summed E-state index contributed by atoms with van der Waals surface area (Å²) in [6, 6.07) is 17.8. The van der Waals surface area contributed by atoms with E-state index >= 15 is 0 Å². The molecule has 0 aliphatic carbocycles. The van der Waals surface area contributed by atoms with Gasteiger partial charge >= 0.3 is 6.18 Å². The summed E-state index contributed by atoms with van der Waals surface area (Å²) < 4.78 is 72.0. The number of carbonyl (C=O) groups is 1. The molecule has 3 aromatic carbocycles. The molecule has 0 aliphatic rings. The molecule has 6 nitrogen and oxygen atoms in total. The van der Waals surface area contributed by atoms with E-state index < -0.39 is 34.2 Å². The number of halogens is 3. The summed E-state index contributed by atoms with van der Waals surface area (Å²) in [4.78, 5) is 12.6. The molecule has 3 aromatic rings. The standard InChI is InChI=1S/C23H21F3N2O4S/c1-32-16-17-7-5-9-19(13-17)27-22(29)15-28(33(30,31)21-11-3-2-4-12-21)20-10-6-8-18(14-20)23(24,25)26/h2-14H,15-16H2,1H3,(H,27,29). The van der Waals surface area contributed by atoms with Gasteiger partial charge in [-0.1, -0.05) is 36.4 Å². The van der Waals surface area contributed by atoms with Crippen LogP contribution in [0.25, 0.3) is 0 Å². The van der Waals surface area contributed by atoms with E-state index in [1.165, 1.54) is 37.4 Å². The number of hydrogen-bond acceptors (Lipinski definition) is 4. The molecule has 0 saturated heterocycles. The Bertz CT molecular complexity index is 1220. The van der Waals surface area contributed by atoms with Gasteiger partial charge in [-0.05, 0) is 48.0 Å². The lowest BCUT2D eigenvalue weighted by Gasteiger charge is -2.25. The summed E-state index contributed by atoms with van der Waals surface area (Å²) in [5, 5.41) is 2.59. The fourth-order valence-corrected chi connectivity index (χ4v) is 4.54. The lowest BCUT2D eigenvalue weighted by Crippen LogP contribution is -2.38. The van der Waals surface area contributed by atoms with E-state index in [1.54, 1.807) is 30.3 Å². The molecule has 0 heterocycles. The molecule has 0 fully saturated rings. The van der Waals surface area contributed by atoms with Crippen LogP contribution in [0.3, 0.4) is 0 Å². The topological polar surface area (TPSA) is 75.7 Å². The third-order valence-electron chi connectivity index (χ3n) is 4.60. The molecule has 0 radical (unpaired) electrons. The smallest absolute Gasteiger partial charge is 0.380 e. The van der Waals surface area contributed by atoms with Crippen molar-refractivity contribution < 1.29 is 31.1 Å². The summed E-state index contributed by atoms with van der Waals surface area (Å²) in [7, 11) is -2.81. The van der Waals surface area contributed by atoms with Gasteiger partial charge in [-0.2, -0.15) is 13.2 Å². The number of ether oxygens (including phenoxy) is 1. The van der Waals surface area contributed by atoms with E-state index in [4.69, 9.17) is 4.74 Å². The molecule has 0 aliphatic heterocycles. The van der Waals surface area contributed by atoms with Crippen molar-refractivity contribution in [3.8, 4) is 0 Å². The number of rotatable bonds is 8. The van der Waals surface area contributed by atoms with Gasteiger partial charge in [0.2, 0.25) is 5.91 Å². The van der Waals surface area contributed by atoms with Crippen molar-refractivity contribution in [2.24, 2.45) is 0 Å². The number of hydrogen-bond donors (Lipinski definition) is 1. The Hall–Kier alpha value is -3.37. The molecule has 10 heteroatoms. The first-order valence-electron chi connectivity index (χ1n) is 9.74. The molecule has 0 spiro atoms. The lowest BCUT2D eigenvalue weighted by molar-refractivity contribution is -0.137. The van der Waals surface area contributed by atoms with Crippen molar-refractivity contribution in [1.29, 1.82) is 0 Å². The highest BCUT2D eigenvalue weighted by Gasteiger charge is 2.33. The number of sulfonamides is 1. The van der Waals surface area contributed by atoms with E-state index in [1.807, 2.05) is 0 Å². The predicted molar refractivity (Wildman–Crippen MR) is 118 cm³/mol. The van der Waals surface area contributed by atoms with Crippen molar-refractivity contribution in [2.45, 2.75) is 17.7 Å². The normalized spacial score (nSPS) is 11.8. The number of anilines is 2. The van der Waals surface area contributed by atoms with E-state index in [-0.39, 0.29) is 10.6 Å². The van der Waals surface area contributed by atoms with Crippen LogP contribution in [0, 0.1) is 0 Å². The maximum Gasteiger partial charge on any atom is 0.416 e. The van der Waals surface area contributed by atoms with Gasteiger partial charge in [-0.15, -0.1) is 0 Å². The highest BCUT2D eigenvalue weighted by Crippen LogP contribution is 2.33. The second-order valence-corrected chi connectivity index (χ2v) is 8.92. The third kappa shape index (κ3) is 6.11.